The molecule has 0 aliphatic rings. The number of aryl methyl sites for hydroxylation is 2. The summed E-state index contributed by atoms with van der Waals surface area (Å²) in [4.78, 5) is 0. The fraction of sp³-hybridized carbons (Fsp3) is 0.417. The molecule has 0 amide bonds. The van der Waals surface area contributed by atoms with Crippen molar-refractivity contribution in [1.82, 2.24) is 10.7 Å². The Morgan fingerprint density at radius 1 is 1.35 bits per heavy atom. The van der Waals surface area contributed by atoms with E-state index in [1.165, 1.54) is 11.1 Å². The van der Waals surface area contributed by atoms with Gasteiger partial charge in [-0.25, -0.2) is 0 Å². The second kappa shape index (κ2) is 7.09. The topological polar surface area (TPSA) is 45.3 Å². The summed E-state index contributed by atoms with van der Waals surface area (Å²) < 4.78 is 4.92. The van der Waals surface area contributed by atoms with Crippen LogP contribution in [0.15, 0.2) is 18.2 Å². The average molecular weight is 253 g/mol. The van der Waals surface area contributed by atoms with Crippen LogP contribution in [0.4, 0.5) is 5.69 Å². The molecule has 0 aliphatic heterocycles. The monoisotopic (exact) mass is 253 g/mol. The molecule has 4 nitrogen and oxygen atoms in total. The molecular formula is C12H19N3OS. The van der Waals surface area contributed by atoms with E-state index in [4.69, 9.17) is 17.0 Å². The van der Waals surface area contributed by atoms with Crippen molar-refractivity contribution in [1.29, 1.82) is 0 Å². The quantitative estimate of drug-likeness (QED) is 0.424. The first-order valence-corrected chi connectivity index (χ1v) is 5.90. The summed E-state index contributed by atoms with van der Waals surface area (Å²) >= 11 is 5.10. The van der Waals surface area contributed by atoms with E-state index in [0.717, 1.165) is 5.69 Å². The van der Waals surface area contributed by atoms with Crippen LogP contribution in [-0.4, -0.2) is 25.4 Å². The molecule has 1 aromatic rings. The summed E-state index contributed by atoms with van der Waals surface area (Å²) in [5.41, 5.74) is 9.45. The van der Waals surface area contributed by atoms with Crippen molar-refractivity contribution in [2.75, 3.05) is 25.7 Å². The van der Waals surface area contributed by atoms with Gasteiger partial charge >= 0.3 is 0 Å². The lowest BCUT2D eigenvalue weighted by Crippen LogP contribution is -2.40. The van der Waals surface area contributed by atoms with Crippen molar-refractivity contribution >= 4 is 23.0 Å². The average Bonchev–Trinajstić information content (AvgIpc) is 2.28. The number of nitrogens with one attached hydrogen (secondary N) is 3. The number of rotatable bonds is 5. The van der Waals surface area contributed by atoms with Crippen LogP contribution >= 0.6 is 12.2 Å². The summed E-state index contributed by atoms with van der Waals surface area (Å²) in [5.74, 6) is 0. The lowest BCUT2D eigenvalue weighted by Gasteiger charge is -2.14. The summed E-state index contributed by atoms with van der Waals surface area (Å²) in [6.07, 6.45) is 0. The molecule has 0 fully saturated rings. The lowest BCUT2D eigenvalue weighted by atomic mass is 10.1. The first-order chi connectivity index (χ1) is 8.13. The molecule has 0 saturated heterocycles. The van der Waals surface area contributed by atoms with E-state index in [-0.39, 0.29) is 0 Å². The first-order valence-electron chi connectivity index (χ1n) is 5.49. The molecule has 0 heterocycles. The fourth-order valence-corrected chi connectivity index (χ4v) is 1.54. The second-order valence-electron chi connectivity index (χ2n) is 3.82. The molecule has 0 spiro atoms. The SMILES string of the molecule is COCCNC(=S)NNc1ccc(C)cc1C. The number of hydrogen-bond acceptors (Lipinski definition) is 3. The number of anilines is 1. The molecule has 3 N–H and O–H groups in total. The molecule has 1 aromatic carbocycles. The molecule has 0 saturated carbocycles. The Labute approximate surface area is 108 Å². The Morgan fingerprint density at radius 3 is 2.76 bits per heavy atom. The van der Waals surface area contributed by atoms with E-state index in [1.54, 1.807) is 7.11 Å². The fourth-order valence-electron chi connectivity index (χ4n) is 1.39. The minimum atomic E-state index is 0.557. The summed E-state index contributed by atoms with van der Waals surface area (Å²) in [5, 5.41) is 3.57. The highest BCUT2D eigenvalue weighted by Crippen LogP contribution is 2.14. The predicted octanol–water partition coefficient (Wildman–Crippen LogP) is 1.74. The Morgan fingerprint density at radius 2 is 2.12 bits per heavy atom. The van der Waals surface area contributed by atoms with Crippen LogP contribution in [0, 0.1) is 13.8 Å². The highest BCUT2D eigenvalue weighted by molar-refractivity contribution is 7.80. The van der Waals surface area contributed by atoms with E-state index >= 15 is 0 Å². The van der Waals surface area contributed by atoms with Gasteiger partial charge in [0.15, 0.2) is 5.11 Å². The molecule has 94 valence electrons. The Kier molecular flexibility index (Phi) is 5.72. The lowest BCUT2D eigenvalue weighted by molar-refractivity contribution is 0.204. The number of thiocarbonyl (C=S) groups is 1. The molecule has 0 atom stereocenters. The summed E-state index contributed by atoms with van der Waals surface area (Å²) in [7, 11) is 1.66. The minimum Gasteiger partial charge on any atom is -0.383 e. The Balaban J connectivity index is 2.37. The van der Waals surface area contributed by atoms with E-state index in [0.29, 0.717) is 18.3 Å². The number of hydrogen-bond donors (Lipinski definition) is 3. The highest BCUT2D eigenvalue weighted by Gasteiger charge is 1.98. The number of methoxy groups -OCH3 is 1. The van der Waals surface area contributed by atoms with Crippen molar-refractivity contribution in [2.24, 2.45) is 0 Å². The van der Waals surface area contributed by atoms with Gasteiger partial charge in [0, 0.05) is 13.7 Å². The third-order valence-corrected chi connectivity index (χ3v) is 2.53. The van der Waals surface area contributed by atoms with Gasteiger partial charge in [-0.05, 0) is 37.7 Å². The van der Waals surface area contributed by atoms with Crippen LogP contribution in [-0.2, 0) is 4.74 Å². The molecule has 17 heavy (non-hydrogen) atoms. The van der Waals surface area contributed by atoms with Crippen molar-refractivity contribution in [3.63, 3.8) is 0 Å². The van der Waals surface area contributed by atoms with Gasteiger partial charge in [0.2, 0.25) is 0 Å². The van der Waals surface area contributed by atoms with Gasteiger partial charge in [0.1, 0.15) is 0 Å². The molecular weight excluding hydrogens is 234 g/mol. The van der Waals surface area contributed by atoms with Gasteiger partial charge in [-0.2, -0.15) is 0 Å². The van der Waals surface area contributed by atoms with Crippen LogP contribution in [0.5, 0.6) is 0 Å². The third kappa shape index (κ3) is 5.01. The molecule has 0 unspecified atom stereocenters. The summed E-state index contributed by atoms with van der Waals surface area (Å²) in [6, 6.07) is 6.19. The maximum atomic E-state index is 5.10. The third-order valence-electron chi connectivity index (χ3n) is 2.28. The highest BCUT2D eigenvalue weighted by atomic mass is 32.1. The van der Waals surface area contributed by atoms with E-state index in [2.05, 4.69) is 42.1 Å². The Bertz CT molecular complexity index is 382. The minimum absolute atomic E-state index is 0.557. The van der Waals surface area contributed by atoms with Crippen molar-refractivity contribution in [3.05, 3.63) is 29.3 Å². The van der Waals surface area contributed by atoms with Crippen molar-refractivity contribution < 1.29 is 4.74 Å². The van der Waals surface area contributed by atoms with E-state index in [9.17, 15) is 0 Å². The summed E-state index contributed by atoms with van der Waals surface area (Å²) in [6.45, 7) is 5.45. The van der Waals surface area contributed by atoms with E-state index < -0.39 is 0 Å². The van der Waals surface area contributed by atoms with Gasteiger partial charge in [-0.3, -0.25) is 10.9 Å². The van der Waals surface area contributed by atoms with Gasteiger partial charge in [0.05, 0.1) is 12.3 Å². The zero-order chi connectivity index (χ0) is 12.7. The molecule has 5 heteroatoms. The van der Waals surface area contributed by atoms with E-state index in [1.807, 2.05) is 6.07 Å². The Hall–Kier alpha value is -1.33. The van der Waals surface area contributed by atoms with Crippen LogP contribution < -0.4 is 16.2 Å². The van der Waals surface area contributed by atoms with Crippen LogP contribution in [0.1, 0.15) is 11.1 Å². The maximum absolute atomic E-state index is 5.10. The van der Waals surface area contributed by atoms with Gasteiger partial charge in [0.25, 0.3) is 0 Å². The normalized spacial score (nSPS) is 9.82. The maximum Gasteiger partial charge on any atom is 0.185 e. The number of hydrazine groups is 1. The molecule has 1 rings (SSSR count). The van der Waals surface area contributed by atoms with Crippen LogP contribution in [0.3, 0.4) is 0 Å². The van der Waals surface area contributed by atoms with Crippen LogP contribution in [0.2, 0.25) is 0 Å². The van der Waals surface area contributed by atoms with Gasteiger partial charge in [-0.1, -0.05) is 17.7 Å². The zero-order valence-electron chi connectivity index (χ0n) is 10.5. The zero-order valence-corrected chi connectivity index (χ0v) is 11.3. The van der Waals surface area contributed by atoms with Crippen LogP contribution in [0.25, 0.3) is 0 Å². The molecule has 0 radical (unpaired) electrons. The van der Waals surface area contributed by atoms with Crippen molar-refractivity contribution in [3.8, 4) is 0 Å². The number of ether oxygens (including phenoxy) is 1. The molecule has 0 bridgehead atoms. The molecule has 0 aliphatic carbocycles. The van der Waals surface area contributed by atoms with Gasteiger partial charge in [-0.15, -0.1) is 0 Å². The largest absolute Gasteiger partial charge is 0.383 e. The smallest absolute Gasteiger partial charge is 0.185 e. The standard InChI is InChI=1S/C12H19N3OS/c1-9-4-5-11(10(2)8-9)14-15-12(17)13-6-7-16-3/h4-5,8,14H,6-7H2,1-3H3,(H2,13,15,17). The molecule has 0 aromatic heterocycles. The first kappa shape index (κ1) is 13.7. The van der Waals surface area contributed by atoms with Gasteiger partial charge < -0.3 is 10.1 Å². The predicted molar refractivity (Wildman–Crippen MR) is 75.2 cm³/mol. The van der Waals surface area contributed by atoms with Crippen molar-refractivity contribution in [2.45, 2.75) is 13.8 Å². The second-order valence-corrected chi connectivity index (χ2v) is 4.23. The number of benzene rings is 1.